The van der Waals surface area contributed by atoms with Gasteiger partial charge in [-0.1, -0.05) is 12.5 Å². The van der Waals surface area contributed by atoms with Crippen molar-refractivity contribution in [3.63, 3.8) is 0 Å². The summed E-state index contributed by atoms with van der Waals surface area (Å²) < 4.78 is 18.8. The number of benzene rings is 1. The molecule has 0 aliphatic carbocycles. The molecule has 1 N–H and O–H groups in total. The Morgan fingerprint density at radius 2 is 2.19 bits per heavy atom. The lowest BCUT2D eigenvalue weighted by Gasteiger charge is -2.29. The molecule has 1 aromatic carbocycles. The third kappa shape index (κ3) is 2.35. The number of methoxy groups -OCH3 is 1. The molecular weight excluding hydrogens is 205 g/mol. The normalized spacial score (nSPS) is 25.4. The van der Waals surface area contributed by atoms with Gasteiger partial charge in [0.05, 0.1) is 7.11 Å². The molecular formula is C13H18FNO. The van der Waals surface area contributed by atoms with Crippen LogP contribution in [0.15, 0.2) is 18.2 Å². The van der Waals surface area contributed by atoms with Gasteiger partial charge in [-0.2, -0.15) is 0 Å². The molecule has 0 radical (unpaired) electrons. The van der Waals surface area contributed by atoms with Crippen molar-refractivity contribution in [2.75, 3.05) is 7.11 Å². The molecule has 16 heavy (non-hydrogen) atoms. The lowest BCUT2D eigenvalue weighted by molar-refractivity contribution is 0.333. The smallest absolute Gasteiger partial charge is 0.131 e. The van der Waals surface area contributed by atoms with E-state index in [9.17, 15) is 4.39 Å². The number of piperidine rings is 1. The van der Waals surface area contributed by atoms with Crippen LogP contribution in [0.3, 0.4) is 0 Å². The number of hydrogen-bond acceptors (Lipinski definition) is 2. The lowest BCUT2D eigenvalue weighted by Crippen LogP contribution is -2.34. The molecule has 2 nitrogen and oxygen atoms in total. The van der Waals surface area contributed by atoms with Crippen molar-refractivity contribution in [2.24, 2.45) is 0 Å². The van der Waals surface area contributed by atoms with E-state index >= 15 is 0 Å². The van der Waals surface area contributed by atoms with Crippen molar-refractivity contribution in [1.29, 1.82) is 0 Å². The molecule has 1 fully saturated rings. The summed E-state index contributed by atoms with van der Waals surface area (Å²) in [7, 11) is 1.55. The van der Waals surface area contributed by atoms with Crippen LogP contribution in [0.5, 0.6) is 5.75 Å². The van der Waals surface area contributed by atoms with E-state index < -0.39 is 0 Å². The zero-order chi connectivity index (χ0) is 11.5. The molecule has 1 saturated heterocycles. The minimum atomic E-state index is -0.175. The average molecular weight is 223 g/mol. The Morgan fingerprint density at radius 1 is 1.38 bits per heavy atom. The molecule has 0 bridgehead atoms. The van der Waals surface area contributed by atoms with E-state index in [1.54, 1.807) is 7.11 Å². The Bertz CT molecular complexity index is 367. The second kappa shape index (κ2) is 4.83. The second-order valence-electron chi connectivity index (χ2n) is 4.44. The van der Waals surface area contributed by atoms with Gasteiger partial charge in [-0.25, -0.2) is 4.39 Å². The highest BCUT2D eigenvalue weighted by atomic mass is 19.1. The van der Waals surface area contributed by atoms with Gasteiger partial charge in [-0.3, -0.25) is 0 Å². The monoisotopic (exact) mass is 223 g/mol. The summed E-state index contributed by atoms with van der Waals surface area (Å²) in [5.74, 6) is 0.399. The number of halogens is 1. The third-order valence-corrected chi connectivity index (χ3v) is 3.20. The zero-order valence-corrected chi connectivity index (χ0v) is 9.79. The molecule has 2 rings (SSSR count). The summed E-state index contributed by atoms with van der Waals surface area (Å²) in [5, 5.41) is 3.43. The zero-order valence-electron chi connectivity index (χ0n) is 9.79. The number of ether oxygens (including phenoxy) is 1. The highest BCUT2D eigenvalue weighted by Gasteiger charge is 2.21. The van der Waals surface area contributed by atoms with Gasteiger partial charge < -0.3 is 10.1 Å². The SMILES string of the molecule is COc1ccc(C2CCCC(C)N2)c(F)c1. The summed E-state index contributed by atoms with van der Waals surface area (Å²) >= 11 is 0. The molecule has 2 unspecified atom stereocenters. The van der Waals surface area contributed by atoms with Crippen molar-refractivity contribution in [3.05, 3.63) is 29.6 Å². The van der Waals surface area contributed by atoms with E-state index in [2.05, 4.69) is 12.2 Å². The number of nitrogens with one attached hydrogen (secondary N) is 1. The van der Waals surface area contributed by atoms with Crippen molar-refractivity contribution in [2.45, 2.75) is 38.3 Å². The van der Waals surface area contributed by atoms with Gasteiger partial charge in [0.15, 0.2) is 0 Å². The van der Waals surface area contributed by atoms with Crippen molar-refractivity contribution >= 4 is 0 Å². The Hall–Kier alpha value is -1.09. The lowest BCUT2D eigenvalue weighted by atomic mass is 9.94. The first-order chi connectivity index (χ1) is 7.70. The first kappa shape index (κ1) is 11.4. The van der Waals surface area contributed by atoms with E-state index in [4.69, 9.17) is 4.74 Å². The standard InChI is InChI=1S/C13H18FNO/c1-9-4-3-5-13(15-9)11-7-6-10(16-2)8-12(11)14/h6-9,13,15H,3-5H2,1-2H3. The molecule has 2 atom stereocenters. The van der Waals surface area contributed by atoms with E-state index in [0.29, 0.717) is 11.8 Å². The number of hydrogen-bond donors (Lipinski definition) is 1. The highest BCUT2D eigenvalue weighted by molar-refractivity contribution is 5.31. The quantitative estimate of drug-likeness (QED) is 0.832. The second-order valence-corrected chi connectivity index (χ2v) is 4.44. The topological polar surface area (TPSA) is 21.3 Å². The fourth-order valence-corrected chi connectivity index (χ4v) is 2.30. The first-order valence-corrected chi connectivity index (χ1v) is 5.80. The van der Waals surface area contributed by atoms with Crippen molar-refractivity contribution < 1.29 is 9.13 Å². The number of rotatable bonds is 2. The molecule has 1 aliphatic rings. The Morgan fingerprint density at radius 3 is 2.81 bits per heavy atom. The van der Waals surface area contributed by atoms with Crippen LogP contribution in [0.4, 0.5) is 4.39 Å². The van der Waals surface area contributed by atoms with Crippen LogP contribution in [0.2, 0.25) is 0 Å². The van der Waals surface area contributed by atoms with Crippen LogP contribution < -0.4 is 10.1 Å². The van der Waals surface area contributed by atoms with Crippen LogP contribution in [0.1, 0.15) is 37.8 Å². The van der Waals surface area contributed by atoms with E-state index in [-0.39, 0.29) is 11.9 Å². The third-order valence-electron chi connectivity index (χ3n) is 3.20. The Kier molecular flexibility index (Phi) is 3.44. The molecule has 0 spiro atoms. The molecule has 3 heteroatoms. The highest BCUT2D eigenvalue weighted by Crippen LogP contribution is 2.29. The van der Waals surface area contributed by atoms with E-state index in [1.165, 1.54) is 12.5 Å². The molecule has 0 aromatic heterocycles. The molecule has 0 amide bonds. The van der Waals surface area contributed by atoms with Gasteiger partial charge in [0.2, 0.25) is 0 Å². The van der Waals surface area contributed by atoms with Gasteiger partial charge in [-0.15, -0.1) is 0 Å². The Balaban J connectivity index is 2.19. The van der Waals surface area contributed by atoms with E-state index in [0.717, 1.165) is 18.4 Å². The average Bonchev–Trinajstić information content (AvgIpc) is 2.28. The summed E-state index contributed by atoms with van der Waals surface area (Å²) in [5.41, 5.74) is 0.757. The van der Waals surface area contributed by atoms with Gasteiger partial charge in [0.1, 0.15) is 11.6 Å². The van der Waals surface area contributed by atoms with Crippen LogP contribution >= 0.6 is 0 Å². The minimum Gasteiger partial charge on any atom is -0.497 e. The molecule has 1 aromatic rings. The van der Waals surface area contributed by atoms with Crippen molar-refractivity contribution in [3.8, 4) is 5.75 Å². The van der Waals surface area contributed by atoms with Gasteiger partial charge >= 0.3 is 0 Å². The molecule has 1 heterocycles. The fourth-order valence-electron chi connectivity index (χ4n) is 2.30. The molecule has 0 saturated carbocycles. The van der Waals surface area contributed by atoms with Gasteiger partial charge in [0.25, 0.3) is 0 Å². The van der Waals surface area contributed by atoms with Crippen LogP contribution in [-0.4, -0.2) is 13.2 Å². The van der Waals surface area contributed by atoms with Crippen LogP contribution in [0.25, 0.3) is 0 Å². The summed E-state index contributed by atoms with van der Waals surface area (Å²) in [6, 6.07) is 5.72. The maximum absolute atomic E-state index is 13.8. The maximum atomic E-state index is 13.8. The van der Waals surface area contributed by atoms with Gasteiger partial charge in [-0.05, 0) is 25.8 Å². The van der Waals surface area contributed by atoms with Crippen molar-refractivity contribution in [1.82, 2.24) is 5.32 Å². The predicted octanol–water partition coefficient (Wildman–Crippen LogP) is 3.04. The molecule has 88 valence electrons. The fraction of sp³-hybridized carbons (Fsp3) is 0.538. The molecule has 1 aliphatic heterocycles. The first-order valence-electron chi connectivity index (χ1n) is 5.80. The van der Waals surface area contributed by atoms with E-state index in [1.807, 2.05) is 12.1 Å². The summed E-state index contributed by atoms with van der Waals surface area (Å²) in [6.07, 6.45) is 3.34. The largest absolute Gasteiger partial charge is 0.497 e. The van der Waals surface area contributed by atoms with Crippen LogP contribution in [0, 0.1) is 5.82 Å². The van der Waals surface area contributed by atoms with Gasteiger partial charge in [0, 0.05) is 23.7 Å². The predicted molar refractivity (Wildman–Crippen MR) is 62.1 cm³/mol. The maximum Gasteiger partial charge on any atom is 0.131 e. The Labute approximate surface area is 95.8 Å². The minimum absolute atomic E-state index is 0.148. The summed E-state index contributed by atoms with van der Waals surface area (Å²) in [6.45, 7) is 2.15. The van der Waals surface area contributed by atoms with Crippen LogP contribution in [-0.2, 0) is 0 Å². The summed E-state index contributed by atoms with van der Waals surface area (Å²) in [4.78, 5) is 0.